The van der Waals surface area contributed by atoms with E-state index >= 15 is 0 Å². The quantitative estimate of drug-likeness (QED) is 0.0519. The van der Waals surface area contributed by atoms with E-state index in [1.807, 2.05) is 108 Å². The molecule has 4 fully saturated rings. The van der Waals surface area contributed by atoms with Crippen LogP contribution in [0.15, 0.2) is 107 Å². The molecule has 0 spiro atoms. The number of carboxylic acid groups (broad SMARTS) is 1. The number of nitrogens with one attached hydrogen (secondary N) is 5. The summed E-state index contributed by atoms with van der Waals surface area (Å²) >= 11 is 0. The number of aliphatic carboxylic acids is 1. The molecule has 8 aliphatic heterocycles. The summed E-state index contributed by atoms with van der Waals surface area (Å²) in [5.41, 5.74) is 15.3. The molecule has 0 aliphatic carbocycles. The molecule has 29 heteroatoms. The summed E-state index contributed by atoms with van der Waals surface area (Å²) in [4.78, 5) is 134. The minimum atomic E-state index is -1.06. The van der Waals surface area contributed by atoms with Crippen LogP contribution in [0.25, 0.3) is 66.3 Å². The van der Waals surface area contributed by atoms with E-state index < -0.39 is 53.6 Å². The number of carbonyl (C=O) groups is 8. The van der Waals surface area contributed by atoms with Gasteiger partial charge in [0.15, 0.2) is 0 Å². The first-order valence-corrected chi connectivity index (χ1v) is 43.3. The Balaban J connectivity index is 0.000000179. The van der Waals surface area contributed by atoms with Crippen molar-refractivity contribution in [3.8, 4) is 56.3 Å². The van der Waals surface area contributed by atoms with Crippen molar-refractivity contribution in [2.45, 2.75) is 266 Å². The molecule has 29 nitrogen and oxygen atoms in total. The average Bonchev–Trinajstić information content (AvgIpc) is 1.44. The number of carbonyl (C=O) groups excluding carboxylic acids is 7. The number of aromatic amines is 2. The maximum absolute atomic E-state index is 14.0. The molecule has 0 radical (unpaired) electrons. The van der Waals surface area contributed by atoms with Crippen LogP contribution < -0.4 is 25.4 Å². The highest BCUT2D eigenvalue weighted by molar-refractivity contribution is 6.08. The van der Waals surface area contributed by atoms with Gasteiger partial charge >= 0.3 is 36.4 Å². The summed E-state index contributed by atoms with van der Waals surface area (Å²) in [6, 6.07) is 27.2. The number of imidazole rings is 2. The van der Waals surface area contributed by atoms with Gasteiger partial charge in [0.25, 0.3) is 0 Å². The van der Waals surface area contributed by atoms with E-state index in [9.17, 15) is 38.4 Å². The summed E-state index contributed by atoms with van der Waals surface area (Å²) in [6.07, 6.45) is 9.25. The first kappa shape index (κ1) is 88.3. The van der Waals surface area contributed by atoms with Crippen LogP contribution in [-0.4, -0.2) is 191 Å². The Morgan fingerprint density at radius 2 is 0.806 bits per heavy atom. The minimum absolute atomic E-state index is 0.0116. The normalized spacial score (nSPS) is 21.0. The van der Waals surface area contributed by atoms with Gasteiger partial charge in [-0.25, -0.2) is 38.7 Å². The predicted octanol–water partition coefficient (Wildman–Crippen LogP) is 17.7. The zero-order chi connectivity index (χ0) is 89.0. The van der Waals surface area contributed by atoms with Gasteiger partial charge in [0.2, 0.25) is 11.8 Å². The Bertz CT molecular complexity index is 5540. The number of aliphatic imine (C=N–C) groups is 2. The van der Waals surface area contributed by atoms with Gasteiger partial charge in [-0.2, -0.15) is 0 Å². The van der Waals surface area contributed by atoms with Gasteiger partial charge in [-0.15, -0.1) is 0 Å². The molecule has 8 aromatic rings. The van der Waals surface area contributed by atoms with Crippen molar-refractivity contribution in [1.29, 1.82) is 0 Å². The van der Waals surface area contributed by atoms with Gasteiger partial charge in [0.05, 0.1) is 80.7 Å². The van der Waals surface area contributed by atoms with Crippen LogP contribution in [0.4, 0.5) is 35.3 Å². The molecule has 2 aromatic heterocycles. The third kappa shape index (κ3) is 18.2. The molecule has 0 bridgehead atoms. The second-order valence-electron chi connectivity index (χ2n) is 37.0. The SMILES string of the molecule is COC(=O)N[C@H](C(=O)N1[C@@H](C)CC[C@H]1C1=Nc2ccc3cc4c(cc3c2C1)OCc1cc(-c2cnc([C@@H]3CC[C@H](C)N3C(=O)[C@@H](NC(=O)OC)C(C)C)[nH]2)ccc1-4)C(C)C.COC(=O)N[C@H](C(=O)O)C(C)C.C[C@H]1CC[C@@H](C2=Nc3ccc4cc5c(cc4c3C2)OCc2cc(-c3cnc([C@@H]4CC[C@H](C)N4C(=O)OC(C)(C)C)[nH]3)ccc2-5)N1C(=O)OC(C)(C)C. The van der Waals surface area contributed by atoms with Crippen molar-refractivity contribution in [2.75, 3.05) is 21.3 Å². The van der Waals surface area contributed by atoms with Gasteiger partial charge in [0, 0.05) is 59.6 Å². The molecule has 4 saturated heterocycles. The van der Waals surface area contributed by atoms with E-state index in [-0.39, 0.29) is 90.1 Å². The minimum Gasteiger partial charge on any atom is -0.488 e. The number of H-pyrrole nitrogens is 2. The lowest BCUT2D eigenvalue weighted by Crippen LogP contribution is -2.55. The molecular formula is C95H117N13O16. The highest BCUT2D eigenvalue weighted by atomic mass is 16.6. The van der Waals surface area contributed by atoms with Gasteiger partial charge < -0.3 is 74.0 Å². The maximum atomic E-state index is 14.0. The van der Waals surface area contributed by atoms with Crippen molar-refractivity contribution in [1.82, 2.24) is 55.5 Å². The molecule has 6 N–H and O–H groups in total. The third-order valence-electron chi connectivity index (χ3n) is 25.0. The number of alkyl carbamates (subject to hydrolysis) is 3. The molecular weight excluding hydrogens is 1580 g/mol. The van der Waals surface area contributed by atoms with Crippen molar-refractivity contribution in [3.63, 3.8) is 0 Å². The standard InChI is InChI=1S/C46H55N7O7.C42H49N5O5.C7H13NO4/c1-23(2)40(50-45(56)58-7)43(54)52-25(5)9-15-37(52)35-19-32-31-20-39-33(18-27(31)12-14-34(32)48-35)30-13-11-28(17-29(30)22-60-39)36-21-47-42(49-36)38-16-10-26(6)53(38)44(55)41(24(3)4)51-46(57)59-8;1-23-9-15-35(46(23)39(48)51-41(3,4)5)33-19-30-29-20-37-31(18-25(29)12-14-32(30)44-33)28-13-11-26(17-27(28)22-50-37)34-21-43-38(45-34)36-16-10-24(2)47(36)40(49)52-42(6,7)8;1-4(2)5(6(9)10)8-7(11)12-3/h11-14,17-18,20-21,23-26,37-38,40-41H,9-10,15-16,19,22H2,1-8H3,(H,47,49)(H,50,56)(H,51,57);11-14,17-18,20-21,23-24,35-36H,9-10,15-16,19,22H2,1-8H3,(H,43,45);4-5H,1-3H3,(H,8,11)(H,9,10)/t25-,26-,37-,38-,40-,41-;23-,24-,35-,36-;5-/m000/s1. The largest absolute Gasteiger partial charge is 0.488 e. The lowest BCUT2D eigenvalue weighted by atomic mass is 9.90. The molecule has 658 valence electrons. The van der Waals surface area contributed by atoms with E-state index in [1.165, 1.54) is 26.9 Å². The van der Waals surface area contributed by atoms with E-state index in [1.54, 1.807) is 13.8 Å². The van der Waals surface area contributed by atoms with Crippen LogP contribution in [0.2, 0.25) is 0 Å². The lowest BCUT2D eigenvalue weighted by molar-refractivity contribution is -0.140. The van der Waals surface area contributed by atoms with Crippen molar-refractivity contribution in [3.05, 3.63) is 131 Å². The zero-order valence-electron chi connectivity index (χ0n) is 74.5. The fourth-order valence-electron chi connectivity index (χ4n) is 18.6. The van der Waals surface area contributed by atoms with Crippen LogP contribution in [0.1, 0.15) is 208 Å². The summed E-state index contributed by atoms with van der Waals surface area (Å²) < 4.78 is 38.3. The Labute approximate surface area is 723 Å². The van der Waals surface area contributed by atoms with Crippen molar-refractivity contribution in [2.24, 2.45) is 27.7 Å². The fourth-order valence-corrected chi connectivity index (χ4v) is 18.6. The summed E-state index contributed by atoms with van der Waals surface area (Å²) in [7, 11) is 3.79. The number of rotatable bonds is 15. The number of aromatic nitrogens is 4. The molecule has 16 rings (SSSR count). The monoisotopic (exact) mass is 1700 g/mol. The van der Waals surface area contributed by atoms with E-state index in [0.717, 1.165) is 174 Å². The number of fused-ring (bicyclic) bond motifs is 12. The first-order chi connectivity index (χ1) is 58.9. The first-order valence-electron chi connectivity index (χ1n) is 43.3. The highest BCUT2D eigenvalue weighted by Gasteiger charge is 2.47. The number of ether oxygens (including phenoxy) is 7. The number of carboxylic acids is 1. The smallest absolute Gasteiger partial charge is 0.411 e. The molecule has 124 heavy (non-hydrogen) atoms. The van der Waals surface area contributed by atoms with Crippen LogP contribution in [0, 0.1) is 17.8 Å². The maximum Gasteiger partial charge on any atom is 0.411 e. The van der Waals surface area contributed by atoms with Crippen LogP contribution >= 0.6 is 0 Å². The topological polar surface area (TPSA) is 353 Å². The van der Waals surface area contributed by atoms with Gasteiger partial charge in [0.1, 0.15) is 65.7 Å². The molecule has 10 heterocycles. The zero-order valence-corrected chi connectivity index (χ0v) is 74.5. The lowest BCUT2D eigenvalue weighted by Gasteiger charge is -2.33. The number of amides is 7. The average molecular weight is 1700 g/mol. The van der Waals surface area contributed by atoms with Crippen molar-refractivity contribution < 1.29 is 76.6 Å². The van der Waals surface area contributed by atoms with E-state index in [2.05, 4.69) is 136 Å². The highest BCUT2D eigenvalue weighted by Crippen LogP contribution is 2.49. The number of methoxy groups -OCH3 is 3. The van der Waals surface area contributed by atoms with Crippen LogP contribution in [0.5, 0.6) is 11.5 Å². The Morgan fingerprint density at radius 1 is 0.452 bits per heavy atom. The van der Waals surface area contributed by atoms with Crippen LogP contribution in [-0.2, 0) is 64.1 Å². The third-order valence-corrected chi connectivity index (χ3v) is 25.0. The molecule has 7 amide bonds. The Hall–Kier alpha value is -12.0. The van der Waals surface area contributed by atoms with E-state index in [4.69, 9.17) is 53.5 Å². The van der Waals surface area contributed by atoms with Gasteiger partial charge in [-0.1, -0.05) is 77.9 Å². The van der Waals surface area contributed by atoms with Crippen LogP contribution in [0.3, 0.4) is 0 Å². The molecule has 11 atom stereocenters. The molecule has 0 unspecified atom stereocenters. The molecule has 8 aliphatic rings. The summed E-state index contributed by atoms with van der Waals surface area (Å²) in [6.45, 7) is 31.6. The Morgan fingerprint density at radius 3 is 1.19 bits per heavy atom. The number of hydrogen-bond donors (Lipinski definition) is 6. The second-order valence-corrected chi connectivity index (χ2v) is 37.0. The number of likely N-dealkylation sites (tertiary alicyclic amines) is 4. The predicted molar refractivity (Wildman–Crippen MR) is 472 cm³/mol. The van der Waals surface area contributed by atoms with Crippen molar-refractivity contribution >= 4 is 92.6 Å². The summed E-state index contributed by atoms with van der Waals surface area (Å²) in [5.74, 6) is 1.44. The Kier molecular flexibility index (Phi) is 25.4. The molecule has 0 saturated carbocycles. The summed E-state index contributed by atoms with van der Waals surface area (Å²) in [5, 5.41) is 20.8. The number of benzene rings is 6. The second kappa shape index (κ2) is 35.7. The molecule has 6 aromatic carbocycles. The van der Waals surface area contributed by atoms with Gasteiger partial charge in [-0.05, 0) is 253 Å². The van der Waals surface area contributed by atoms with Gasteiger partial charge in [-0.3, -0.25) is 29.4 Å². The number of hydrogen-bond acceptors (Lipinski definition) is 19. The fraction of sp³-hybridized carbons (Fsp3) is 0.495. The number of nitrogens with zero attached hydrogens (tertiary/aromatic N) is 8. The van der Waals surface area contributed by atoms with E-state index in [0.29, 0.717) is 31.9 Å².